The number of nitrogens with zero attached hydrogens (tertiary/aromatic N) is 3. The van der Waals surface area contributed by atoms with Crippen LogP contribution in [0.4, 0.5) is 5.00 Å². The molecule has 3 amide bonds. The van der Waals surface area contributed by atoms with Gasteiger partial charge in [0.05, 0.1) is 25.8 Å². The van der Waals surface area contributed by atoms with Gasteiger partial charge in [-0.2, -0.15) is 0 Å². The molecule has 8 nitrogen and oxygen atoms in total. The number of ether oxygens (including phenoxy) is 1. The van der Waals surface area contributed by atoms with E-state index < -0.39 is 0 Å². The van der Waals surface area contributed by atoms with Crippen LogP contribution in [0.15, 0.2) is 18.2 Å². The van der Waals surface area contributed by atoms with Crippen LogP contribution in [0, 0.1) is 0 Å². The Balaban J connectivity index is 1.63. The molecule has 2 aliphatic rings. The Morgan fingerprint density at radius 3 is 2.89 bits per heavy atom. The summed E-state index contributed by atoms with van der Waals surface area (Å²) in [7, 11) is 3.12. The molecule has 0 saturated heterocycles. The van der Waals surface area contributed by atoms with E-state index in [1.807, 2.05) is 0 Å². The van der Waals surface area contributed by atoms with Gasteiger partial charge < -0.3 is 19.9 Å². The van der Waals surface area contributed by atoms with Crippen molar-refractivity contribution >= 4 is 34.1 Å². The summed E-state index contributed by atoms with van der Waals surface area (Å²) in [4.78, 5) is 45.7. The zero-order valence-electron chi connectivity index (χ0n) is 14.9. The number of nitrogens with one attached hydrogen (secondary N) is 1. The molecule has 140 valence electrons. The van der Waals surface area contributed by atoms with E-state index in [1.54, 1.807) is 30.1 Å². The minimum absolute atomic E-state index is 0.0428. The van der Waals surface area contributed by atoms with Gasteiger partial charge in [0.1, 0.15) is 10.7 Å². The van der Waals surface area contributed by atoms with E-state index in [9.17, 15) is 14.4 Å². The molecular formula is C18H18N4O4S. The second-order valence-electron chi connectivity index (χ2n) is 6.46. The Morgan fingerprint density at radius 1 is 1.30 bits per heavy atom. The van der Waals surface area contributed by atoms with Crippen molar-refractivity contribution in [3.05, 3.63) is 39.9 Å². The first kappa shape index (κ1) is 17.5. The van der Waals surface area contributed by atoms with Crippen molar-refractivity contribution < 1.29 is 19.1 Å². The van der Waals surface area contributed by atoms with Gasteiger partial charge in [-0.05, 0) is 18.1 Å². The molecule has 0 bridgehead atoms. The third kappa shape index (κ3) is 3.03. The van der Waals surface area contributed by atoms with Gasteiger partial charge in [0, 0.05) is 24.5 Å². The van der Waals surface area contributed by atoms with E-state index in [4.69, 9.17) is 4.74 Å². The highest BCUT2D eigenvalue weighted by molar-refractivity contribution is 7.17. The van der Waals surface area contributed by atoms with Crippen molar-refractivity contribution in [2.24, 2.45) is 0 Å². The topological polar surface area (TPSA) is 91.8 Å². The van der Waals surface area contributed by atoms with Gasteiger partial charge in [0.25, 0.3) is 11.8 Å². The van der Waals surface area contributed by atoms with Crippen molar-refractivity contribution in [1.29, 1.82) is 0 Å². The molecule has 0 aromatic carbocycles. The van der Waals surface area contributed by atoms with Crippen molar-refractivity contribution in [2.75, 3.05) is 32.6 Å². The fraction of sp³-hybridized carbons (Fsp3) is 0.333. The van der Waals surface area contributed by atoms with Gasteiger partial charge in [-0.1, -0.05) is 6.07 Å². The van der Waals surface area contributed by atoms with E-state index in [0.29, 0.717) is 41.6 Å². The van der Waals surface area contributed by atoms with E-state index in [0.717, 1.165) is 10.4 Å². The molecule has 0 aliphatic carbocycles. The second-order valence-corrected chi connectivity index (χ2v) is 7.56. The summed E-state index contributed by atoms with van der Waals surface area (Å²) >= 11 is 1.37. The fourth-order valence-electron chi connectivity index (χ4n) is 3.35. The minimum Gasteiger partial charge on any atom is -0.481 e. The van der Waals surface area contributed by atoms with Gasteiger partial charge in [0.2, 0.25) is 11.8 Å². The number of anilines is 1. The number of carbonyl (C=O) groups excluding carboxylic acids is 3. The fourth-order valence-corrected chi connectivity index (χ4v) is 4.62. The molecule has 9 heteroatoms. The average molecular weight is 386 g/mol. The predicted molar refractivity (Wildman–Crippen MR) is 99.1 cm³/mol. The molecule has 0 fully saturated rings. The molecule has 1 N–H and O–H groups in total. The number of rotatable bonds is 2. The molecule has 2 aliphatic heterocycles. The first-order valence-corrected chi connectivity index (χ1v) is 9.29. The molecule has 4 heterocycles. The van der Waals surface area contributed by atoms with Crippen LogP contribution in [0.25, 0.3) is 0 Å². The van der Waals surface area contributed by atoms with Crippen LogP contribution < -0.4 is 10.1 Å². The van der Waals surface area contributed by atoms with Crippen LogP contribution >= 0.6 is 11.3 Å². The lowest BCUT2D eigenvalue weighted by Gasteiger charge is -2.27. The van der Waals surface area contributed by atoms with Gasteiger partial charge >= 0.3 is 0 Å². The highest BCUT2D eigenvalue weighted by Gasteiger charge is 2.34. The van der Waals surface area contributed by atoms with Crippen LogP contribution in [-0.4, -0.2) is 59.8 Å². The molecule has 2 aromatic heterocycles. The molecule has 0 spiro atoms. The maximum atomic E-state index is 12.8. The third-order valence-electron chi connectivity index (χ3n) is 4.69. The summed E-state index contributed by atoms with van der Waals surface area (Å²) in [5.41, 5.74) is 1.81. The summed E-state index contributed by atoms with van der Waals surface area (Å²) in [6, 6.07) is 5.07. The quantitative estimate of drug-likeness (QED) is 0.842. The number of amides is 3. The third-order valence-corrected chi connectivity index (χ3v) is 5.82. The standard InChI is InChI=1S/C18H18N4O4S/c1-21-9-13(23)20-16-15(18(21)25)10-6-7-22(8-12(10)27-16)17(24)11-4-3-5-14(19-11)26-2/h3-5H,6-9H2,1-2H3,(H,20,23). The molecule has 0 unspecified atom stereocenters. The lowest BCUT2D eigenvalue weighted by molar-refractivity contribution is -0.116. The van der Waals surface area contributed by atoms with Gasteiger partial charge in [-0.25, -0.2) is 4.98 Å². The summed E-state index contributed by atoms with van der Waals surface area (Å²) in [6.45, 7) is 0.914. The monoisotopic (exact) mass is 386 g/mol. The summed E-state index contributed by atoms with van der Waals surface area (Å²) < 4.78 is 5.09. The molecule has 2 aromatic rings. The average Bonchev–Trinajstić information content (AvgIpc) is 2.98. The van der Waals surface area contributed by atoms with Crippen LogP contribution in [-0.2, 0) is 17.8 Å². The number of thiophene rings is 1. The molecule has 0 radical (unpaired) electrons. The Kier molecular flexibility index (Phi) is 4.31. The van der Waals surface area contributed by atoms with Crippen LogP contribution in [0.3, 0.4) is 0 Å². The maximum Gasteiger partial charge on any atom is 0.272 e. The second kappa shape index (κ2) is 6.66. The zero-order valence-corrected chi connectivity index (χ0v) is 15.8. The Bertz CT molecular complexity index is 955. The van der Waals surface area contributed by atoms with Crippen molar-refractivity contribution in [1.82, 2.24) is 14.8 Å². The van der Waals surface area contributed by atoms with Crippen LogP contribution in [0.5, 0.6) is 5.88 Å². The number of fused-ring (bicyclic) bond motifs is 3. The molecule has 27 heavy (non-hydrogen) atoms. The van der Waals surface area contributed by atoms with E-state index in [-0.39, 0.29) is 24.3 Å². The van der Waals surface area contributed by atoms with Crippen molar-refractivity contribution in [3.63, 3.8) is 0 Å². The molecule has 4 rings (SSSR count). The van der Waals surface area contributed by atoms with Gasteiger partial charge in [-0.15, -0.1) is 11.3 Å². The number of aromatic nitrogens is 1. The Labute approximate surface area is 159 Å². The lowest BCUT2D eigenvalue weighted by atomic mass is 10.0. The number of hydrogen-bond acceptors (Lipinski definition) is 6. The van der Waals surface area contributed by atoms with Gasteiger partial charge in [0.15, 0.2) is 0 Å². The molecule has 0 atom stereocenters. The number of carbonyl (C=O) groups is 3. The van der Waals surface area contributed by atoms with Crippen molar-refractivity contribution in [2.45, 2.75) is 13.0 Å². The summed E-state index contributed by atoms with van der Waals surface area (Å²) in [6.07, 6.45) is 0.562. The minimum atomic E-state index is -0.211. The first-order chi connectivity index (χ1) is 13.0. The first-order valence-electron chi connectivity index (χ1n) is 8.48. The number of hydrogen-bond donors (Lipinski definition) is 1. The highest BCUT2D eigenvalue weighted by atomic mass is 32.1. The Hall–Kier alpha value is -2.94. The molecule has 0 saturated carbocycles. The largest absolute Gasteiger partial charge is 0.481 e. The smallest absolute Gasteiger partial charge is 0.272 e. The number of pyridine rings is 1. The van der Waals surface area contributed by atoms with Crippen LogP contribution in [0.2, 0.25) is 0 Å². The number of methoxy groups -OCH3 is 1. The highest BCUT2D eigenvalue weighted by Crippen LogP contribution is 2.39. The normalized spacial score (nSPS) is 16.4. The lowest BCUT2D eigenvalue weighted by Crippen LogP contribution is -2.37. The number of likely N-dealkylation sites (N-methyl/N-ethyl adjacent to an activating group) is 1. The van der Waals surface area contributed by atoms with E-state index in [1.165, 1.54) is 23.3 Å². The maximum absolute atomic E-state index is 12.8. The SMILES string of the molecule is COc1cccc(C(=O)N2CCc3c(sc4c3C(=O)N(C)CC(=O)N4)C2)n1. The summed E-state index contributed by atoms with van der Waals surface area (Å²) in [5.74, 6) is -0.167. The van der Waals surface area contributed by atoms with E-state index in [2.05, 4.69) is 10.3 Å². The zero-order chi connectivity index (χ0) is 19.1. The predicted octanol–water partition coefficient (Wildman–Crippen LogP) is 1.37. The van der Waals surface area contributed by atoms with Crippen molar-refractivity contribution in [3.8, 4) is 5.88 Å². The van der Waals surface area contributed by atoms with Crippen LogP contribution in [0.1, 0.15) is 31.3 Å². The van der Waals surface area contributed by atoms with E-state index >= 15 is 0 Å². The molecular weight excluding hydrogens is 368 g/mol. The van der Waals surface area contributed by atoms with Gasteiger partial charge in [-0.3, -0.25) is 14.4 Å². The Morgan fingerprint density at radius 2 is 2.11 bits per heavy atom. The summed E-state index contributed by atoms with van der Waals surface area (Å²) in [5, 5.41) is 3.39.